The average molecular weight is 411 g/mol. The monoisotopic (exact) mass is 411 g/mol. The van der Waals surface area contributed by atoms with Crippen LogP contribution in [-0.4, -0.2) is 67.6 Å². The number of esters is 1. The number of methoxy groups -OCH3 is 1. The van der Waals surface area contributed by atoms with E-state index in [0.717, 1.165) is 25.7 Å². The highest BCUT2D eigenvalue weighted by Gasteiger charge is 2.39. The first-order chi connectivity index (χ1) is 13.3. The predicted molar refractivity (Wildman–Crippen MR) is 101 cm³/mol. The van der Waals surface area contributed by atoms with Gasteiger partial charge in [0.2, 0.25) is 0 Å². The summed E-state index contributed by atoms with van der Waals surface area (Å²) >= 11 is 0. The molecule has 8 nitrogen and oxygen atoms in total. The van der Waals surface area contributed by atoms with Gasteiger partial charge in [0, 0.05) is 12.1 Å². The highest BCUT2D eigenvalue weighted by Crippen LogP contribution is 2.31. The van der Waals surface area contributed by atoms with E-state index in [0.29, 0.717) is 6.42 Å². The average Bonchev–Trinajstić information content (AvgIpc) is 3.30. The second-order valence-electron chi connectivity index (χ2n) is 7.23. The molecule has 0 spiro atoms. The molecule has 9 heteroatoms. The summed E-state index contributed by atoms with van der Waals surface area (Å²) in [5.41, 5.74) is -0.0944. The molecule has 0 unspecified atom stereocenters. The van der Waals surface area contributed by atoms with E-state index in [1.165, 1.54) is 25.3 Å². The molecule has 1 saturated heterocycles. The molecule has 1 atom stereocenters. The molecule has 1 saturated carbocycles. The molecule has 0 radical (unpaired) electrons. The lowest BCUT2D eigenvalue weighted by atomic mass is 10.1. The quantitative estimate of drug-likeness (QED) is 0.707. The summed E-state index contributed by atoms with van der Waals surface area (Å²) in [4.78, 5) is 26.8. The van der Waals surface area contributed by atoms with Gasteiger partial charge in [0.1, 0.15) is 5.56 Å². The summed E-state index contributed by atoms with van der Waals surface area (Å²) in [6.07, 6.45) is 4.05. The first-order valence-corrected chi connectivity index (χ1v) is 11.2. The van der Waals surface area contributed by atoms with E-state index in [1.807, 2.05) is 0 Å². The third kappa shape index (κ3) is 4.40. The van der Waals surface area contributed by atoms with Gasteiger partial charge in [0.25, 0.3) is 5.91 Å². The van der Waals surface area contributed by atoms with E-state index in [2.05, 4.69) is 0 Å². The maximum atomic E-state index is 12.8. The zero-order chi connectivity index (χ0) is 20.3. The lowest BCUT2D eigenvalue weighted by Crippen LogP contribution is -2.48. The number of sulfone groups is 1. The van der Waals surface area contributed by atoms with Gasteiger partial charge in [-0.3, -0.25) is 4.79 Å². The Bertz CT molecular complexity index is 846. The van der Waals surface area contributed by atoms with Crippen molar-refractivity contribution in [3.8, 4) is 11.5 Å². The third-order valence-electron chi connectivity index (χ3n) is 5.37. The Morgan fingerprint density at radius 3 is 2.50 bits per heavy atom. The number of phenolic OH excluding ortho intramolecular Hbond substituents is 1. The summed E-state index contributed by atoms with van der Waals surface area (Å²) in [6.45, 7) is -0.497. The molecule has 2 fully saturated rings. The molecule has 154 valence electrons. The molecule has 28 heavy (non-hydrogen) atoms. The number of amides is 1. The maximum absolute atomic E-state index is 12.8. The van der Waals surface area contributed by atoms with Crippen LogP contribution in [0.1, 0.15) is 42.5 Å². The van der Waals surface area contributed by atoms with Crippen LogP contribution in [0.2, 0.25) is 0 Å². The zero-order valence-electron chi connectivity index (χ0n) is 15.8. The van der Waals surface area contributed by atoms with Crippen LogP contribution in [0.25, 0.3) is 0 Å². The van der Waals surface area contributed by atoms with Crippen LogP contribution in [-0.2, 0) is 19.4 Å². The SMILES string of the molecule is COc1cccc(C(=O)OCC(=O)N(C2CCCC2)[C@H]2CCS(=O)(=O)C2)c1O. The van der Waals surface area contributed by atoms with Gasteiger partial charge >= 0.3 is 5.97 Å². The number of phenols is 1. The molecule has 1 amide bonds. The van der Waals surface area contributed by atoms with Gasteiger partial charge < -0.3 is 19.5 Å². The van der Waals surface area contributed by atoms with Gasteiger partial charge in [-0.05, 0) is 31.4 Å². The van der Waals surface area contributed by atoms with E-state index in [-0.39, 0.29) is 40.7 Å². The summed E-state index contributed by atoms with van der Waals surface area (Å²) < 4.78 is 33.8. The van der Waals surface area contributed by atoms with E-state index in [4.69, 9.17) is 9.47 Å². The van der Waals surface area contributed by atoms with Crippen LogP contribution >= 0.6 is 0 Å². The molecule has 2 aliphatic rings. The normalized spacial score (nSPS) is 21.4. The van der Waals surface area contributed by atoms with Crippen LogP contribution < -0.4 is 4.74 Å². The van der Waals surface area contributed by atoms with Gasteiger partial charge in [-0.1, -0.05) is 18.9 Å². The van der Waals surface area contributed by atoms with Gasteiger partial charge in [-0.15, -0.1) is 0 Å². The van der Waals surface area contributed by atoms with Crippen molar-refractivity contribution in [3.05, 3.63) is 23.8 Å². The number of carbonyl (C=O) groups is 2. The van der Waals surface area contributed by atoms with Crippen molar-refractivity contribution in [3.63, 3.8) is 0 Å². The van der Waals surface area contributed by atoms with Gasteiger partial charge in [0.05, 0.1) is 18.6 Å². The van der Waals surface area contributed by atoms with Crippen molar-refractivity contribution >= 4 is 21.7 Å². The molecule has 1 heterocycles. The molecular weight excluding hydrogens is 386 g/mol. The van der Waals surface area contributed by atoms with E-state index in [1.54, 1.807) is 4.90 Å². The Hall–Kier alpha value is -2.29. The van der Waals surface area contributed by atoms with E-state index in [9.17, 15) is 23.1 Å². The number of rotatable bonds is 6. The van der Waals surface area contributed by atoms with Crippen molar-refractivity contribution in [2.75, 3.05) is 25.2 Å². The van der Waals surface area contributed by atoms with Crippen molar-refractivity contribution < 1.29 is 32.6 Å². The van der Waals surface area contributed by atoms with E-state index >= 15 is 0 Å². The fourth-order valence-electron chi connectivity index (χ4n) is 4.01. The second-order valence-corrected chi connectivity index (χ2v) is 9.46. The Morgan fingerprint density at radius 1 is 1.18 bits per heavy atom. The molecule has 3 rings (SSSR count). The van der Waals surface area contributed by atoms with E-state index < -0.39 is 28.3 Å². The van der Waals surface area contributed by atoms with Crippen LogP contribution in [0.15, 0.2) is 18.2 Å². The fourth-order valence-corrected chi connectivity index (χ4v) is 5.73. The highest BCUT2D eigenvalue weighted by molar-refractivity contribution is 7.91. The van der Waals surface area contributed by atoms with Crippen molar-refractivity contribution in [1.29, 1.82) is 0 Å². The highest BCUT2D eigenvalue weighted by atomic mass is 32.2. The second kappa shape index (κ2) is 8.38. The number of hydrogen-bond acceptors (Lipinski definition) is 7. The maximum Gasteiger partial charge on any atom is 0.342 e. The molecule has 1 aromatic rings. The van der Waals surface area contributed by atoms with Crippen LogP contribution in [0.5, 0.6) is 11.5 Å². The third-order valence-corrected chi connectivity index (χ3v) is 7.12. The van der Waals surface area contributed by atoms with Gasteiger partial charge in [0.15, 0.2) is 27.9 Å². The standard InChI is InChI=1S/C19H25NO7S/c1-26-16-8-4-7-15(18(16)22)19(23)27-11-17(21)20(13-5-2-3-6-13)14-9-10-28(24,25)12-14/h4,7-8,13-14,22H,2-3,5-6,9-12H2,1H3/t14-/m0/s1. The molecule has 0 aromatic heterocycles. The summed E-state index contributed by atoms with van der Waals surface area (Å²) in [7, 11) is -1.78. The number of ether oxygens (including phenoxy) is 2. The minimum atomic E-state index is -3.14. The van der Waals surface area contributed by atoms with Gasteiger partial charge in [-0.25, -0.2) is 13.2 Å². The number of nitrogens with zero attached hydrogens (tertiary/aromatic N) is 1. The largest absolute Gasteiger partial charge is 0.504 e. The summed E-state index contributed by atoms with van der Waals surface area (Å²) in [6, 6.07) is 4.02. The number of hydrogen-bond donors (Lipinski definition) is 1. The first-order valence-electron chi connectivity index (χ1n) is 9.37. The number of para-hydroxylation sites is 1. The van der Waals surface area contributed by atoms with Crippen LogP contribution in [0, 0.1) is 0 Å². The van der Waals surface area contributed by atoms with Gasteiger partial charge in [-0.2, -0.15) is 0 Å². The van der Waals surface area contributed by atoms with Crippen molar-refractivity contribution in [1.82, 2.24) is 4.90 Å². The smallest absolute Gasteiger partial charge is 0.342 e. The first kappa shape index (κ1) is 20.4. The minimum Gasteiger partial charge on any atom is -0.504 e. The summed E-state index contributed by atoms with van der Waals surface area (Å²) in [5.74, 6) is -1.42. The molecular formula is C19H25NO7S. The Balaban J connectivity index is 1.69. The lowest BCUT2D eigenvalue weighted by molar-refractivity contribution is -0.139. The molecule has 1 aliphatic heterocycles. The number of carbonyl (C=O) groups excluding carboxylic acids is 2. The topological polar surface area (TPSA) is 110 Å². The number of benzene rings is 1. The van der Waals surface area contributed by atoms with Crippen LogP contribution in [0.4, 0.5) is 0 Å². The Kier molecular flexibility index (Phi) is 6.12. The van der Waals surface area contributed by atoms with Crippen molar-refractivity contribution in [2.45, 2.75) is 44.2 Å². The van der Waals surface area contributed by atoms with Crippen molar-refractivity contribution in [2.24, 2.45) is 0 Å². The molecule has 1 aromatic carbocycles. The molecule has 1 aliphatic carbocycles. The minimum absolute atomic E-state index is 0.0188. The summed E-state index contributed by atoms with van der Waals surface area (Å²) in [5, 5.41) is 10.0. The Labute approximate surface area is 164 Å². The molecule has 0 bridgehead atoms. The Morgan fingerprint density at radius 2 is 1.89 bits per heavy atom. The lowest BCUT2D eigenvalue weighted by Gasteiger charge is -2.33. The molecule has 1 N–H and O–H groups in total. The number of aromatic hydroxyl groups is 1. The van der Waals surface area contributed by atoms with Crippen LogP contribution in [0.3, 0.4) is 0 Å². The fraction of sp³-hybridized carbons (Fsp3) is 0.579. The zero-order valence-corrected chi connectivity index (χ0v) is 16.6. The predicted octanol–water partition coefficient (Wildman–Crippen LogP) is 1.52.